The van der Waals surface area contributed by atoms with Gasteiger partial charge in [0.1, 0.15) is 0 Å². The summed E-state index contributed by atoms with van der Waals surface area (Å²) in [6.07, 6.45) is 3.43. The summed E-state index contributed by atoms with van der Waals surface area (Å²) in [5.41, 5.74) is 7.81. The third-order valence-corrected chi connectivity index (χ3v) is 12.4. The van der Waals surface area contributed by atoms with E-state index in [-0.39, 0.29) is 10.8 Å². The second-order valence-electron chi connectivity index (χ2n) is 14.5. The molecule has 0 N–H and O–H groups in total. The predicted molar refractivity (Wildman–Crippen MR) is 210 cm³/mol. The van der Waals surface area contributed by atoms with Crippen LogP contribution in [0.5, 0.6) is 0 Å². The standard InChI is InChI=1S/C41H49N7O3S/c1-30-6-13-36(14-7-30)52(50,51)48-29-38(32-8-10-33(11-9-32)41(49)45(5)20-23-46-21-16-43(3)17-22-46)37-27-35(28-42-40(37)48)34-12-15-39(31(2)26-34)47-24-18-44(4)19-25-47/h6-15,26-29H,16-25H2,1-5H3. The van der Waals surface area contributed by atoms with Crippen LogP contribution in [0.15, 0.2) is 90.1 Å². The molecule has 0 spiro atoms. The van der Waals surface area contributed by atoms with E-state index in [1.54, 1.807) is 41.6 Å². The van der Waals surface area contributed by atoms with Crippen molar-refractivity contribution in [3.8, 4) is 22.3 Å². The Morgan fingerprint density at radius 2 is 1.40 bits per heavy atom. The summed E-state index contributed by atoms with van der Waals surface area (Å²) in [5.74, 6) is -0.0376. The number of amides is 1. The van der Waals surface area contributed by atoms with Crippen molar-refractivity contribution in [2.24, 2.45) is 0 Å². The number of piperazine rings is 2. The molecule has 7 rings (SSSR count). The number of benzene rings is 3. The van der Waals surface area contributed by atoms with Crippen molar-refractivity contribution in [3.05, 3.63) is 102 Å². The lowest BCUT2D eigenvalue weighted by Gasteiger charge is -2.35. The minimum absolute atomic E-state index is 0.0376. The highest BCUT2D eigenvalue weighted by molar-refractivity contribution is 7.90. The third-order valence-electron chi connectivity index (χ3n) is 10.7. The number of pyridine rings is 1. The highest BCUT2D eigenvalue weighted by atomic mass is 32.2. The molecule has 0 unspecified atom stereocenters. The normalized spacial score (nSPS) is 16.4. The van der Waals surface area contributed by atoms with Gasteiger partial charge in [-0.25, -0.2) is 17.4 Å². The fourth-order valence-electron chi connectivity index (χ4n) is 7.19. The maximum Gasteiger partial charge on any atom is 0.269 e. The van der Waals surface area contributed by atoms with Crippen LogP contribution in [0.1, 0.15) is 21.5 Å². The third kappa shape index (κ3) is 7.36. The van der Waals surface area contributed by atoms with E-state index in [0.717, 1.165) is 92.1 Å². The number of hydrogen-bond acceptors (Lipinski definition) is 8. The summed E-state index contributed by atoms with van der Waals surface area (Å²) in [6.45, 7) is 13.7. The van der Waals surface area contributed by atoms with Gasteiger partial charge in [0.15, 0.2) is 5.65 Å². The summed E-state index contributed by atoms with van der Waals surface area (Å²) in [6, 6.07) is 22.9. The van der Waals surface area contributed by atoms with E-state index < -0.39 is 10.0 Å². The van der Waals surface area contributed by atoms with Crippen LogP contribution in [-0.2, 0) is 10.0 Å². The van der Waals surface area contributed by atoms with Crippen molar-refractivity contribution in [1.82, 2.24) is 28.6 Å². The summed E-state index contributed by atoms with van der Waals surface area (Å²) in [5, 5.41) is 0.720. The molecule has 2 saturated heterocycles. The number of carbonyl (C=O) groups is 1. The number of anilines is 1. The van der Waals surface area contributed by atoms with Crippen molar-refractivity contribution in [2.75, 3.05) is 91.5 Å². The Hall–Kier alpha value is -4.55. The molecule has 0 bridgehead atoms. The lowest BCUT2D eigenvalue weighted by Crippen LogP contribution is -2.47. The van der Waals surface area contributed by atoms with Gasteiger partial charge in [-0.3, -0.25) is 9.69 Å². The first-order valence-corrected chi connectivity index (χ1v) is 19.6. The van der Waals surface area contributed by atoms with Gasteiger partial charge < -0.3 is 19.6 Å². The maximum atomic E-state index is 14.1. The summed E-state index contributed by atoms with van der Waals surface area (Å²) in [7, 11) is 2.20. The average Bonchev–Trinajstić information content (AvgIpc) is 3.55. The lowest BCUT2D eigenvalue weighted by atomic mass is 9.99. The maximum absolute atomic E-state index is 14.1. The SMILES string of the molecule is Cc1ccc(S(=O)(=O)n2cc(-c3ccc(C(=O)N(C)CCN4CCN(C)CC4)cc3)c3cc(-c4ccc(N5CCN(C)CC5)c(C)c4)cnc32)cc1. The van der Waals surface area contributed by atoms with Gasteiger partial charge >= 0.3 is 0 Å². The smallest absolute Gasteiger partial charge is 0.269 e. The van der Waals surface area contributed by atoms with Gasteiger partial charge in [-0.15, -0.1) is 0 Å². The lowest BCUT2D eigenvalue weighted by molar-refractivity contribution is 0.0760. The molecule has 0 radical (unpaired) electrons. The largest absolute Gasteiger partial charge is 0.369 e. The fourth-order valence-corrected chi connectivity index (χ4v) is 8.51. The van der Waals surface area contributed by atoms with Crippen LogP contribution in [0.4, 0.5) is 5.69 Å². The number of aryl methyl sites for hydroxylation is 2. The zero-order valence-electron chi connectivity index (χ0n) is 30.9. The zero-order chi connectivity index (χ0) is 36.6. The molecular weight excluding hydrogens is 671 g/mol. The Morgan fingerprint density at radius 1 is 0.769 bits per heavy atom. The van der Waals surface area contributed by atoms with E-state index in [4.69, 9.17) is 4.98 Å². The molecular formula is C41H49N7O3S. The molecule has 2 aliphatic heterocycles. The molecule has 0 aliphatic carbocycles. The number of nitrogens with zero attached hydrogens (tertiary/aromatic N) is 7. The molecule has 3 aromatic carbocycles. The highest BCUT2D eigenvalue weighted by Gasteiger charge is 2.24. The van der Waals surface area contributed by atoms with Crippen LogP contribution in [-0.4, -0.2) is 129 Å². The first-order valence-electron chi connectivity index (χ1n) is 18.1. The van der Waals surface area contributed by atoms with Crippen LogP contribution in [0, 0.1) is 13.8 Å². The Morgan fingerprint density at radius 3 is 2.06 bits per heavy atom. The van der Waals surface area contributed by atoms with Gasteiger partial charge in [-0.1, -0.05) is 35.9 Å². The molecule has 5 aromatic rings. The molecule has 2 fully saturated rings. The molecule has 2 aromatic heterocycles. The van der Waals surface area contributed by atoms with Gasteiger partial charge in [-0.2, -0.15) is 0 Å². The van der Waals surface area contributed by atoms with Crippen LogP contribution >= 0.6 is 0 Å². The molecule has 52 heavy (non-hydrogen) atoms. The van der Waals surface area contributed by atoms with Crippen molar-refractivity contribution < 1.29 is 13.2 Å². The fraction of sp³-hybridized carbons (Fsp3) is 0.366. The molecule has 0 atom stereocenters. The van der Waals surface area contributed by atoms with Crippen LogP contribution in [0.25, 0.3) is 33.3 Å². The highest BCUT2D eigenvalue weighted by Crippen LogP contribution is 2.36. The molecule has 2 aliphatic rings. The van der Waals surface area contributed by atoms with Gasteiger partial charge in [0.05, 0.1) is 4.90 Å². The van der Waals surface area contributed by atoms with Gasteiger partial charge in [0.25, 0.3) is 15.9 Å². The molecule has 272 valence electrons. The molecule has 4 heterocycles. The molecule has 11 heteroatoms. The van der Waals surface area contributed by atoms with E-state index in [1.165, 1.54) is 15.2 Å². The van der Waals surface area contributed by atoms with E-state index in [9.17, 15) is 13.2 Å². The second kappa shape index (κ2) is 14.8. The van der Waals surface area contributed by atoms with Crippen molar-refractivity contribution in [3.63, 3.8) is 0 Å². The van der Waals surface area contributed by atoms with E-state index in [2.05, 4.69) is 58.8 Å². The number of hydrogen-bond donors (Lipinski definition) is 0. The van der Waals surface area contributed by atoms with Gasteiger partial charge in [-0.05, 0) is 87.1 Å². The molecule has 10 nitrogen and oxygen atoms in total. The predicted octanol–water partition coefficient (Wildman–Crippen LogP) is 5.30. The van der Waals surface area contributed by atoms with Crippen molar-refractivity contribution >= 4 is 32.7 Å². The Kier molecular flexibility index (Phi) is 10.2. The summed E-state index contributed by atoms with van der Waals surface area (Å²) < 4.78 is 29.5. The van der Waals surface area contributed by atoms with Crippen LogP contribution < -0.4 is 4.90 Å². The Balaban J connectivity index is 1.21. The molecule has 1 amide bonds. The first-order chi connectivity index (χ1) is 25.0. The van der Waals surface area contributed by atoms with E-state index in [1.807, 2.05) is 44.3 Å². The van der Waals surface area contributed by atoms with Crippen molar-refractivity contribution in [1.29, 1.82) is 0 Å². The summed E-state index contributed by atoms with van der Waals surface area (Å²) >= 11 is 0. The number of carbonyl (C=O) groups excluding carboxylic acids is 1. The zero-order valence-corrected chi connectivity index (χ0v) is 31.7. The number of aromatic nitrogens is 2. The summed E-state index contributed by atoms with van der Waals surface area (Å²) in [4.78, 5) is 29.7. The van der Waals surface area contributed by atoms with Gasteiger partial charge in [0.2, 0.25) is 0 Å². The minimum atomic E-state index is -3.95. The quantitative estimate of drug-likeness (QED) is 0.203. The topological polar surface area (TPSA) is 85.2 Å². The minimum Gasteiger partial charge on any atom is -0.369 e. The van der Waals surface area contributed by atoms with E-state index >= 15 is 0 Å². The van der Waals surface area contributed by atoms with E-state index in [0.29, 0.717) is 17.8 Å². The number of fused-ring (bicyclic) bond motifs is 1. The monoisotopic (exact) mass is 719 g/mol. The number of likely N-dealkylation sites (N-methyl/N-ethyl adjacent to an activating group) is 3. The van der Waals surface area contributed by atoms with Crippen LogP contribution in [0.3, 0.4) is 0 Å². The first kappa shape index (κ1) is 35.8. The van der Waals surface area contributed by atoms with Gasteiger partial charge in [0, 0.05) is 113 Å². The van der Waals surface area contributed by atoms with Crippen molar-refractivity contribution in [2.45, 2.75) is 18.7 Å². The Labute approximate surface area is 307 Å². The number of rotatable bonds is 9. The Bertz CT molecular complexity index is 2160. The second-order valence-corrected chi connectivity index (χ2v) is 16.3. The van der Waals surface area contributed by atoms with Crippen LogP contribution in [0.2, 0.25) is 0 Å². The average molecular weight is 720 g/mol. The molecule has 0 saturated carbocycles.